The maximum Gasteiger partial charge on any atom is 0.260 e. The Morgan fingerprint density at radius 1 is 1.38 bits per heavy atom. The van der Waals surface area contributed by atoms with Crippen LogP contribution < -0.4 is 10.1 Å². The van der Waals surface area contributed by atoms with Crippen molar-refractivity contribution in [1.29, 1.82) is 0 Å². The monoisotopic (exact) mass is 290 g/mol. The second-order valence-corrected chi connectivity index (χ2v) is 6.27. The maximum absolute atomic E-state index is 12.5. The molecule has 4 heteroatoms. The Kier molecular flexibility index (Phi) is 5.23. The van der Waals surface area contributed by atoms with E-state index in [4.69, 9.17) is 4.74 Å². The molecule has 2 atom stereocenters. The molecule has 1 aliphatic rings. The van der Waals surface area contributed by atoms with Gasteiger partial charge in [0.25, 0.3) is 5.91 Å². The molecule has 0 aliphatic carbocycles. The summed E-state index contributed by atoms with van der Waals surface area (Å²) < 4.78 is 5.63. The number of hydrogen-bond acceptors (Lipinski definition) is 3. The molecule has 4 nitrogen and oxygen atoms in total. The zero-order valence-corrected chi connectivity index (χ0v) is 13.4. The minimum atomic E-state index is 0.0719. The van der Waals surface area contributed by atoms with Crippen LogP contribution in [0, 0.1) is 12.8 Å². The van der Waals surface area contributed by atoms with Crippen LogP contribution in [0.1, 0.15) is 26.3 Å². The Bertz CT molecular complexity index is 470. The summed E-state index contributed by atoms with van der Waals surface area (Å²) >= 11 is 0. The fourth-order valence-corrected chi connectivity index (χ4v) is 2.67. The summed E-state index contributed by atoms with van der Waals surface area (Å²) in [6, 6.07) is 8.37. The van der Waals surface area contributed by atoms with Gasteiger partial charge in [-0.1, -0.05) is 31.5 Å². The van der Waals surface area contributed by atoms with Gasteiger partial charge in [0.05, 0.1) is 0 Å². The molecule has 1 aromatic carbocycles. The van der Waals surface area contributed by atoms with Gasteiger partial charge in [-0.2, -0.15) is 0 Å². The number of piperazine rings is 1. The molecule has 1 saturated heterocycles. The Labute approximate surface area is 127 Å². The molecule has 1 aliphatic heterocycles. The largest absolute Gasteiger partial charge is 0.484 e. The Morgan fingerprint density at radius 3 is 2.67 bits per heavy atom. The second kappa shape index (κ2) is 6.94. The van der Waals surface area contributed by atoms with Crippen LogP contribution in [-0.4, -0.2) is 42.6 Å². The first-order valence-corrected chi connectivity index (χ1v) is 7.69. The maximum atomic E-state index is 12.5. The van der Waals surface area contributed by atoms with Gasteiger partial charge in [-0.3, -0.25) is 4.79 Å². The molecule has 0 bridgehead atoms. The lowest BCUT2D eigenvalue weighted by Crippen LogP contribution is -2.59. The van der Waals surface area contributed by atoms with Crippen molar-refractivity contribution < 1.29 is 9.53 Å². The SMILES string of the molecule is Cc1ccc(OCC(=O)N2CC(C)NCC2C(C)C)cc1. The minimum Gasteiger partial charge on any atom is -0.484 e. The number of nitrogens with zero attached hydrogens (tertiary/aromatic N) is 1. The zero-order valence-electron chi connectivity index (χ0n) is 13.4. The van der Waals surface area contributed by atoms with Gasteiger partial charge in [0.2, 0.25) is 0 Å². The lowest BCUT2D eigenvalue weighted by atomic mass is 9.99. The Balaban J connectivity index is 1.95. The summed E-state index contributed by atoms with van der Waals surface area (Å²) in [5.74, 6) is 1.26. The highest BCUT2D eigenvalue weighted by Crippen LogP contribution is 2.16. The number of amides is 1. The van der Waals surface area contributed by atoms with E-state index in [0.717, 1.165) is 18.8 Å². The van der Waals surface area contributed by atoms with E-state index in [2.05, 4.69) is 26.1 Å². The summed E-state index contributed by atoms with van der Waals surface area (Å²) in [5, 5.41) is 3.44. The van der Waals surface area contributed by atoms with Gasteiger partial charge in [-0.15, -0.1) is 0 Å². The molecule has 0 radical (unpaired) electrons. The average Bonchev–Trinajstić information content (AvgIpc) is 2.46. The fourth-order valence-electron chi connectivity index (χ4n) is 2.67. The first-order chi connectivity index (χ1) is 9.97. The molecule has 2 rings (SSSR count). The van der Waals surface area contributed by atoms with Gasteiger partial charge in [0.1, 0.15) is 5.75 Å². The number of rotatable bonds is 4. The van der Waals surface area contributed by atoms with Crippen molar-refractivity contribution in [2.45, 2.75) is 39.8 Å². The van der Waals surface area contributed by atoms with Crippen molar-refractivity contribution in [2.24, 2.45) is 5.92 Å². The highest BCUT2D eigenvalue weighted by molar-refractivity contribution is 5.78. The normalized spacial score (nSPS) is 22.4. The van der Waals surface area contributed by atoms with Crippen molar-refractivity contribution in [3.05, 3.63) is 29.8 Å². The van der Waals surface area contributed by atoms with Crippen molar-refractivity contribution in [3.63, 3.8) is 0 Å². The van der Waals surface area contributed by atoms with E-state index < -0.39 is 0 Å². The fraction of sp³-hybridized carbons (Fsp3) is 0.588. The molecule has 1 N–H and O–H groups in total. The molecule has 0 spiro atoms. The summed E-state index contributed by atoms with van der Waals surface area (Å²) in [7, 11) is 0. The van der Waals surface area contributed by atoms with Crippen LogP contribution in [0.15, 0.2) is 24.3 Å². The third kappa shape index (κ3) is 4.21. The Morgan fingerprint density at radius 2 is 2.05 bits per heavy atom. The van der Waals surface area contributed by atoms with Crippen LogP contribution >= 0.6 is 0 Å². The van der Waals surface area contributed by atoms with Crippen molar-refractivity contribution in [3.8, 4) is 5.75 Å². The van der Waals surface area contributed by atoms with E-state index >= 15 is 0 Å². The molecule has 1 fully saturated rings. The molecular weight excluding hydrogens is 264 g/mol. The van der Waals surface area contributed by atoms with Crippen molar-refractivity contribution >= 4 is 5.91 Å². The van der Waals surface area contributed by atoms with Gasteiger partial charge in [-0.25, -0.2) is 0 Å². The summed E-state index contributed by atoms with van der Waals surface area (Å²) in [6.45, 7) is 10.2. The summed E-state index contributed by atoms with van der Waals surface area (Å²) in [6.07, 6.45) is 0. The third-order valence-corrected chi connectivity index (χ3v) is 4.02. The van der Waals surface area contributed by atoms with Gasteiger partial charge in [0.15, 0.2) is 6.61 Å². The Hall–Kier alpha value is -1.55. The molecule has 116 valence electrons. The minimum absolute atomic E-state index is 0.0719. The molecule has 2 unspecified atom stereocenters. The molecule has 1 heterocycles. The molecule has 1 amide bonds. The van der Waals surface area contributed by atoms with E-state index in [-0.39, 0.29) is 18.6 Å². The average molecular weight is 290 g/mol. The van der Waals surface area contributed by atoms with Crippen LogP contribution in [0.5, 0.6) is 5.75 Å². The van der Waals surface area contributed by atoms with Crippen LogP contribution in [0.2, 0.25) is 0 Å². The van der Waals surface area contributed by atoms with Crippen molar-refractivity contribution in [1.82, 2.24) is 10.2 Å². The van der Waals surface area contributed by atoms with E-state index in [1.165, 1.54) is 5.56 Å². The smallest absolute Gasteiger partial charge is 0.260 e. The molecule has 0 aromatic heterocycles. The van der Waals surface area contributed by atoms with Gasteiger partial charge < -0.3 is 15.0 Å². The summed E-state index contributed by atoms with van der Waals surface area (Å²) in [4.78, 5) is 14.4. The quantitative estimate of drug-likeness (QED) is 0.924. The van der Waals surface area contributed by atoms with Crippen LogP contribution in [0.4, 0.5) is 0 Å². The predicted molar refractivity (Wildman–Crippen MR) is 84.5 cm³/mol. The second-order valence-electron chi connectivity index (χ2n) is 6.27. The number of carbonyl (C=O) groups is 1. The van der Waals surface area contributed by atoms with E-state index in [1.807, 2.05) is 36.1 Å². The standard InChI is InChI=1S/C17H26N2O2/c1-12(2)16-9-18-14(4)10-19(16)17(20)11-21-15-7-5-13(3)6-8-15/h5-8,12,14,16,18H,9-11H2,1-4H3. The lowest BCUT2D eigenvalue weighted by molar-refractivity contribution is -0.138. The summed E-state index contributed by atoms with van der Waals surface area (Å²) in [5.41, 5.74) is 1.18. The van der Waals surface area contributed by atoms with Crippen LogP contribution in [0.25, 0.3) is 0 Å². The van der Waals surface area contributed by atoms with Crippen LogP contribution in [0.3, 0.4) is 0 Å². The molecule has 0 saturated carbocycles. The van der Waals surface area contributed by atoms with E-state index in [9.17, 15) is 4.79 Å². The van der Waals surface area contributed by atoms with Crippen LogP contribution in [-0.2, 0) is 4.79 Å². The highest BCUT2D eigenvalue weighted by atomic mass is 16.5. The van der Waals surface area contributed by atoms with E-state index in [1.54, 1.807) is 0 Å². The van der Waals surface area contributed by atoms with Crippen molar-refractivity contribution in [2.75, 3.05) is 19.7 Å². The first kappa shape index (κ1) is 15.8. The number of hydrogen-bond donors (Lipinski definition) is 1. The number of benzene rings is 1. The number of ether oxygens (including phenoxy) is 1. The van der Waals surface area contributed by atoms with Gasteiger partial charge >= 0.3 is 0 Å². The highest BCUT2D eigenvalue weighted by Gasteiger charge is 2.31. The lowest BCUT2D eigenvalue weighted by Gasteiger charge is -2.41. The number of carbonyl (C=O) groups excluding carboxylic acids is 1. The predicted octanol–water partition coefficient (Wildman–Crippen LogP) is 2.22. The third-order valence-electron chi connectivity index (χ3n) is 4.02. The molecule has 1 aromatic rings. The molecule has 21 heavy (non-hydrogen) atoms. The topological polar surface area (TPSA) is 41.6 Å². The molecular formula is C17H26N2O2. The number of aryl methyl sites for hydroxylation is 1. The van der Waals surface area contributed by atoms with Gasteiger partial charge in [0, 0.05) is 25.2 Å². The van der Waals surface area contributed by atoms with E-state index in [0.29, 0.717) is 12.0 Å². The zero-order chi connectivity index (χ0) is 15.4. The van der Waals surface area contributed by atoms with Gasteiger partial charge in [-0.05, 0) is 31.9 Å². The number of nitrogens with one attached hydrogen (secondary N) is 1. The first-order valence-electron chi connectivity index (χ1n) is 7.69.